The number of aromatic nitrogens is 2. The van der Waals surface area contributed by atoms with Crippen LogP contribution >= 0.6 is 15.9 Å². The molecule has 0 fully saturated rings. The second kappa shape index (κ2) is 3.53. The molecule has 0 unspecified atom stereocenters. The Balaban J connectivity index is 2.86. The van der Waals surface area contributed by atoms with Crippen LogP contribution in [-0.2, 0) is 0 Å². The van der Waals surface area contributed by atoms with E-state index in [1.165, 1.54) is 0 Å². The topological polar surface area (TPSA) is 35.0 Å². The average molecular weight is 253 g/mol. The summed E-state index contributed by atoms with van der Waals surface area (Å²) in [6, 6.07) is 5.81. The van der Waals surface area contributed by atoms with Crippen molar-refractivity contribution in [3.63, 3.8) is 0 Å². The lowest BCUT2D eigenvalue weighted by Crippen LogP contribution is -1.93. The number of hydrogen-bond donors (Lipinski definition) is 0. The molecule has 0 spiro atoms. The number of hydrogen-bond acceptors (Lipinski definition) is 3. The maximum absolute atomic E-state index is 5.23. The fourth-order valence-electron chi connectivity index (χ4n) is 1.41. The zero-order valence-corrected chi connectivity index (χ0v) is 9.50. The van der Waals surface area contributed by atoms with Crippen LogP contribution in [-0.4, -0.2) is 17.1 Å². The summed E-state index contributed by atoms with van der Waals surface area (Å²) in [5.41, 5.74) is 1.79. The quantitative estimate of drug-likeness (QED) is 0.733. The van der Waals surface area contributed by atoms with Crippen molar-refractivity contribution in [2.45, 2.75) is 6.92 Å². The molecule has 0 saturated carbocycles. The van der Waals surface area contributed by atoms with Crippen molar-refractivity contribution in [1.29, 1.82) is 0 Å². The monoisotopic (exact) mass is 252 g/mol. The Bertz CT molecular complexity index is 485. The van der Waals surface area contributed by atoms with Gasteiger partial charge in [-0.2, -0.15) is 0 Å². The second-order valence-corrected chi connectivity index (χ2v) is 3.64. The Morgan fingerprint density at radius 3 is 2.79 bits per heavy atom. The minimum atomic E-state index is 0.590. The summed E-state index contributed by atoms with van der Waals surface area (Å²) in [6.07, 6.45) is 0. The summed E-state index contributed by atoms with van der Waals surface area (Å²) in [6.45, 7) is 1.95. The van der Waals surface area contributed by atoms with Gasteiger partial charge in [-0.05, 0) is 28.9 Å². The molecule has 3 nitrogen and oxygen atoms in total. The molecule has 1 aromatic heterocycles. The van der Waals surface area contributed by atoms with Crippen LogP contribution in [0.3, 0.4) is 0 Å². The van der Waals surface area contributed by atoms with Crippen molar-refractivity contribution < 1.29 is 4.74 Å². The number of methoxy groups -OCH3 is 1. The Morgan fingerprint density at radius 2 is 2.07 bits per heavy atom. The standard InChI is InChI=1S/C10H9BrN2O/c1-6-7-4-3-5-8(14-2)9(7)13-10(11)12-6/h3-5H,1-2H3. The Hall–Kier alpha value is -1.16. The van der Waals surface area contributed by atoms with Crippen molar-refractivity contribution in [3.8, 4) is 5.75 Å². The third kappa shape index (κ3) is 1.46. The normalized spacial score (nSPS) is 10.5. The van der Waals surface area contributed by atoms with Gasteiger partial charge in [0.25, 0.3) is 0 Å². The SMILES string of the molecule is COc1cccc2c(C)nc(Br)nc12. The lowest BCUT2D eigenvalue weighted by Gasteiger charge is -2.05. The number of benzene rings is 1. The molecule has 2 rings (SSSR count). The van der Waals surface area contributed by atoms with E-state index in [-0.39, 0.29) is 0 Å². The molecule has 14 heavy (non-hydrogen) atoms. The summed E-state index contributed by atoms with van der Waals surface area (Å²) in [5.74, 6) is 0.772. The summed E-state index contributed by atoms with van der Waals surface area (Å²) in [7, 11) is 1.64. The molecule has 2 aromatic rings. The van der Waals surface area contributed by atoms with Crippen LogP contribution in [0.2, 0.25) is 0 Å². The zero-order valence-electron chi connectivity index (χ0n) is 7.91. The molecule has 0 amide bonds. The maximum Gasteiger partial charge on any atom is 0.197 e. The first-order chi connectivity index (χ1) is 6.72. The maximum atomic E-state index is 5.23. The first-order valence-electron chi connectivity index (χ1n) is 4.19. The molecule has 0 bridgehead atoms. The van der Waals surface area contributed by atoms with Crippen molar-refractivity contribution >= 4 is 26.8 Å². The van der Waals surface area contributed by atoms with Gasteiger partial charge in [0.15, 0.2) is 4.73 Å². The lowest BCUT2D eigenvalue weighted by molar-refractivity contribution is 0.418. The molecule has 1 aromatic carbocycles. The Kier molecular flexibility index (Phi) is 2.37. The van der Waals surface area contributed by atoms with Gasteiger partial charge in [0.2, 0.25) is 0 Å². The molecule has 0 saturated heterocycles. The number of aryl methyl sites for hydroxylation is 1. The first-order valence-corrected chi connectivity index (χ1v) is 4.98. The smallest absolute Gasteiger partial charge is 0.197 e. The molecule has 0 radical (unpaired) electrons. The predicted octanol–water partition coefficient (Wildman–Crippen LogP) is 2.71. The van der Waals surface area contributed by atoms with Gasteiger partial charge >= 0.3 is 0 Å². The third-order valence-electron chi connectivity index (χ3n) is 2.07. The molecular weight excluding hydrogens is 244 g/mol. The number of nitrogens with zero attached hydrogens (tertiary/aromatic N) is 2. The average Bonchev–Trinajstić information content (AvgIpc) is 2.17. The number of ether oxygens (including phenoxy) is 1. The molecule has 0 aliphatic heterocycles. The van der Waals surface area contributed by atoms with Crippen LogP contribution in [0, 0.1) is 6.92 Å². The highest BCUT2D eigenvalue weighted by molar-refractivity contribution is 9.10. The number of para-hydroxylation sites is 1. The molecule has 0 N–H and O–H groups in total. The van der Waals surface area contributed by atoms with Crippen LogP contribution in [0.4, 0.5) is 0 Å². The van der Waals surface area contributed by atoms with E-state index >= 15 is 0 Å². The first kappa shape index (κ1) is 9.40. The van der Waals surface area contributed by atoms with Crippen LogP contribution < -0.4 is 4.74 Å². The highest BCUT2D eigenvalue weighted by atomic mass is 79.9. The van der Waals surface area contributed by atoms with Gasteiger partial charge < -0.3 is 4.74 Å². The predicted molar refractivity (Wildman–Crippen MR) is 58.5 cm³/mol. The second-order valence-electron chi connectivity index (χ2n) is 2.93. The summed E-state index contributed by atoms with van der Waals surface area (Å²) in [4.78, 5) is 8.51. The largest absolute Gasteiger partial charge is 0.494 e. The molecule has 4 heteroatoms. The number of rotatable bonds is 1. The van der Waals surface area contributed by atoms with Crippen molar-refractivity contribution in [3.05, 3.63) is 28.6 Å². The van der Waals surface area contributed by atoms with Crippen molar-refractivity contribution in [1.82, 2.24) is 9.97 Å². The van der Waals surface area contributed by atoms with Gasteiger partial charge in [-0.15, -0.1) is 0 Å². The van der Waals surface area contributed by atoms with Crippen molar-refractivity contribution in [2.24, 2.45) is 0 Å². The van der Waals surface area contributed by atoms with Gasteiger partial charge in [-0.25, -0.2) is 9.97 Å². The van der Waals surface area contributed by atoms with E-state index in [0.29, 0.717) is 4.73 Å². The lowest BCUT2D eigenvalue weighted by atomic mass is 10.2. The number of halogens is 1. The van der Waals surface area contributed by atoms with E-state index in [1.807, 2.05) is 25.1 Å². The van der Waals surface area contributed by atoms with Crippen LogP contribution in [0.5, 0.6) is 5.75 Å². The minimum Gasteiger partial charge on any atom is -0.494 e. The highest BCUT2D eigenvalue weighted by Gasteiger charge is 2.06. The van der Waals surface area contributed by atoms with E-state index in [2.05, 4.69) is 25.9 Å². The van der Waals surface area contributed by atoms with E-state index in [4.69, 9.17) is 4.74 Å². The summed E-state index contributed by atoms with van der Waals surface area (Å²) >= 11 is 3.27. The third-order valence-corrected chi connectivity index (χ3v) is 2.43. The van der Waals surface area contributed by atoms with Crippen LogP contribution in [0.1, 0.15) is 5.69 Å². The molecular formula is C10H9BrN2O. The fraction of sp³-hybridized carbons (Fsp3) is 0.200. The van der Waals surface area contributed by atoms with Gasteiger partial charge in [-0.3, -0.25) is 0 Å². The molecule has 0 aliphatic rings. The number of fused-ring (bicyclic) bond motifs is 1. The van der Waals surface area contributed by atoms with Crippen LogP contribution in [0.15, 0.2) is 22.9 Å². The summed E-state index contributed by atoms with van der Waals surface area (Å²) in [5, 5.41) is 1.02. The van der Waals surface area contributed by atoms with E-state index in [0.717, 1.165) is 22.3 Å². The van der Waals surface area contributed by atoms with Gasteiger partial charge in [0.1, 0.15) is 11.3 Å². The van der Waals surface area contributed by atoms with Gasteiger partial charge in [0.05, 0.1) is 7.11 Å². The molecule has 1 heterocycles. The Morgan fingerprint density at radius 1 is 1.29 bits per heavy atom. The van der Waals surface area contributed by atoms with E-state index < -0.39 is 0 Å². The summed E-state index contributed by atoms with van der Waals surface area (Å²) < 4.78 is 5.82. The van der Waals surface area contributed by atoms with E-state index in [9.17, 15) is 0 Å². The molecule has 72 valence electrons. The zero-order chi connectivity index (χ0) is 10.1. The van der Waals surface area contributed by atoms with E-state index in [1.54, 1.807) is 7.11 Å². The van der Waals surface area contributed by atoms with Crippen molar-refractivity contribution in [2.75, 3.05) is 7.11 Å². The highest BCUT2D eigenvalue weighted by Crippen LogP contribution is 2.25. The molecule has 0 atom stereocenters. The minimum absolute atomic E-state index is 0.590. The Labute approximate surface area is 90.3 Å². The van der Waals surface area contributed by atoms with Gasteiger partial charge in [-0.1, -0.05) is 12.1 Å². The molecule has 0 aliphatic carbocycles. The fourth-order valence-corrected chi connectivity index (χ4v) is 1.85. The van der Waals surface area contributed by atoms with Crippen LogP contribution in [0.25, 0.3) is 10.9 Å². The van der Waals surface area contributed by atoms with Gasteiger partial charge in [0, 0.05) is 11.1 Å².